The van der Waals surface area contributed by atoms with E-state index in [1.165, 1.54) is 5.56 Å². The summed E-state index contributed by atoms with van der Waals surface area (Å²) in [7, 11) is 0. The van der Waals surface area contributed by atoms with Gasteiger partial charge in [-0.25, -0.2) is 4.79 Å². The van der Waals surface area contributed by atoms with Gasteiger partial charge in [-0.05, 0) is 24.0 Å². The van der Waals surface area contributed by atoms with Crippen LogP contribution in [0.4, 0.5) is 0 Å². The van der Waals surface area contributed by atoms with Crippen LogP contribution in [0.25, 0.3) is 0 Å². The van der Waals surface area contributed by atoms with Crippen molar-refractivity contribution in [2.75, 3.05) is 0 Å². The van der Waals surface area contributed by atoms with Crippen molar-refractivity contribution in [2.24, 2.45) is 0 Å². The van der Waals surface area contributed by atoms with Crippen LogP contribution in [0.3, 0.4) is 0 Å². The summed E-state index contributed by atoms with van der Waals surface area (Å²) >= 11 is 0. The van der Waals surface area contributed by atoms with Crippen LogP contribution in [0, 0.1) is 0 Å². The molecule has 19 heavy (non-hydrogen) atoms. The molecule has 1 heterocycles. The Morgan fingerprint density at radius 2 is 1.89 bits per heavy atom. The van der Waals surface area contributed by atoms with E-state index < -0.39 is 5.97 Å². The van der Waals surface area contributed by atoms with E-state index in [4.69, 9.17) is 0 Å². The van der Waals surface area contributed by atoms with E-state index in [9.17, 15) is 9.90 Å². The van der Waals surface area contributed by atoms with E-state index in [2.05, 4.69) is 16.7 Å². The largest absolute Gasteiger partial charge is 0.478 e. The van der Waals surface area contributed by atoms with Gasteiger partial charge in [0.15, 0.2) is 0 Å². The maximum Gasteiger partial charge on any atom is 0.337 e. The van der Waals surface area contributed by atoms with Gasteiger partial charge >= 0.3 is 5.97 Å². The fourth-order valence-corrected chi connectivity index (χ4v) is 2.40. The van der Waals surface area contributed by atoms with Gasteiger partial charge in [0.05, 0.1) is 5.56 Å². The van der Waals surface area contributed by atoms with Crippen LogP contribution in [0.5, 0.6) is 0 Å². The van der Waals surface area contributed by atoms with Crippen LogP contribution >= 0.6 is 0 Å². The molecule has 1 N–H and O–H groups in total. The molecule has 0 saturated heterocycles. The number of hydrogen-bond donors (Lipinski definition) is 1. The molecule has 0 fully saturated rings. The van der Waals surface area contributed by atoms with Gasteiger partial charge in [-0.1, -0.05) is 44.2 Å². The van der Waals surface area contributed by atoms with Gasteiger partial charge in [0.1, 0.15) is 0 Å². The van der Waals surface area contributed by atoms with Gasteiger partial charge in [-0.3, -0.25) is 0 Å². The third-order valence-electron chi connectivity index (χ3n) is 3.27. The molecule has 0 aliphatic heterocycles. The average molecular weight is 257 g/mol. The van der Waals surface area contributed by atoms with Crippen LogP contribution in [-0.2, 0) is 13.0 Å². The summed E-state index contributed by atoms with van der Waals surface area (Å²) < 4.78 is 2.06. The maximum atomic E-state index is 11.2. The number of carbonyl (C=O) groups is 1. The Morgan fingerprint density at radius 3 is 2.47 bits per heavy atom. The number of benzene rings is 1. The minimum absolute atomic E-state index is 0.205. The van der Waals surface area contributed by atoms with E-state index in [1.54, 1.807) is 6.07 Å². The third kappa shape index (κ3) is 3.05. The molecule has 100 valence electrons. The monoisotopic (exact) mass is 257 g/mol. The maximum absolute atomic E-state index is 11.2. The molecule has 0 aliphatic rings. The first-order chi connectivity index (χ1) is 9.09. The predicted molar refractivity (Wildman–Crippen MR) is 75.6 cm³/mol. The van der Waals surface area contributed by atoms with Gasteiger partial charge in [0.25, 0.3) is 0 Å². The minimum atomic E-state index is -0.845. The normalized spacial score (nSPS) is 10.9. The highest BCUT2D eigenvalue weighted by Crippen LogP contribution is 2.21. The number of aromatic nitrogens is 1. The first kappa shape index (κ1) is 13.4. The first-order valence-corrected chi connectivity index (χ1v) is 6.56. The number of hydrogen-bond acceptors (Lipinski definition) is 1. The summed E-state index contributed by atoms with van der Waals surface area (Å²) in [5.41, 5.74) is 2.59. The second-order valence-electron chi connectivity index (χ2n) is 5.00. The number of aryl methyl sites for hydroxylation is 2. The summed E-state index contributed by atoms with van der Waals surface area (Å²) in [5, 5.41) is 9.20. The predicted octanol–water partition coefficient (Wildman–Crippen LogP) is 3.55. The molecule has 0 aliphatic carbocycles. The zero-order valence-electron chi connectivity index (χ0n) is 11.3. The Hall–Kier alpha value is -2.03. The summed E-state index contributed by atoms with van der Waals surface area (Å²) in [4.78, 5) is 11.2. The van der Waals surface area contributed by atoms with Crippen LogP contribution in [0.15, 0.2) is 42.6 Å². The van der Waals surface area contributed by atoms with E-state index in [-0.39, 0.29) is 5.92 Å². The standard InChI is InChI=1S/C16H19NO2/c1-12(2)15-14(16(18)19)9-11-17(15)10-8-13-6-4-3-5-7-13/h3-7,9,11-12H,8,10H2,1-2H3,(H,18,19). The number of carboxylic acids is 1. The van der Waals surface area contributed by atoms with Crippen molar-refractivity contribution in [2.45, 2.75) is 32.7 Å². The molecular weight excluding hydrogens is 238 g/mol. The molecule has 2 aromatic rings. The molecule has 0 bridgehead atoms. The molecule has 0 radical (unpaired) electrons. The highest BCUT2D eigenvalue weighted by Gasteiger charge is 2.17. The SMILES string of the molecule is CC(C)c1c(C(=O)O)ccn1CCc1ccccc1. The third-order valence-corrected chi connectivity index (χ3v) is 3.27. The topological polar surface area (TPSA) is 42.2 Å². The molecule has 0 amide bonds. The Kier molecular flexibility index (Phi) is 4.05. The van der Waals surface area contributed by atoms with Crippen molar-refractivity contribution in [3.63, 3.8) is 0 Å². The Bertz CT molecular complexity index is 555. The lowest BCUT2D eigenvalue weighted by Gasteiger charge is -2.13. The number of carboxylic acid groups (broad SMARTS) is 1. The molecule has 3 heteroatoms. The molecule has 1 aromatic carbocycles. The molecule has 0 saturated carbocycles. The van der Waals surface area contributed by atoms with Gasteiger partial charge in [-0.15, -0.1) is 0 Å². The highest BCUT2D eigenvalue weighted by molar-refractivity contribution is 5.89. The number of rotatable bonds is 5. The lowest BCUT2D eigenvalue weighted by Crippen LogP contribution is -2.10. The van der Waals surface area contributed by atoms with E-state index in [0.717, 1.165) is 18.7 Å². The van der Waals surface area contributed by atoms with Crippen LogP contribution in [0.2, 0.25) is 0 Å². The number of nitrogens with zero attached hydrogens (tertiary/aromatic N) is 1. The van der Waals surface area contributed by atoms with Crippen LogP contribution in [-0.4, -0.2) is 15.6 Å². The molecular formula is C16H19NO2. The quantitative estimate of drug-likeness (QED) is 0.890. The summed E-state index contributed by atoms with van der Waals surface area (Å²) in [5.74, 6) is -0.640. The second kappa shape index (κ2) is 5.74. The summed E-state index contributed by atoms with van der Waals surface area (Å²) in [6.07, 6.45) is 2.79. The summed E-state index contributed by atoms with van der Waals surface area (Å²) in [6, 6.07) is 11.9. The van der Waals surface area contributed by atoms with Crippen molar-refractivity contribution < 1.29 is 9.90 Å². The van der Waals surface area contributed by atoms with E-state index in [0.29, 0.717) is 5.56 Å². The van der Waals surface area contributed by atoms with Crippen molar-refractivity contribution in [1.82, 2.24) is 4.57 Å². The van der Waals surface area contributed by atoms with Crippen molar-refractivity contribution >= 4 is 5.97 Å². The van der Waals surface area contributed by atoms with Gasteiger partial charge in [0.2, 0.25) is 0 Å². The molecule has 0 spiro atoms. The van der Waals surface area contributed by atoms with Gasteiger partial charge in [-0.2, -0.15) is 0 Å². The molecule has 1 aromatic heterocycles. The van der Waals surface area contributed by atoms with E-state index in [1.807, 2.05) is 38.2 Å². The lowest BCUT2D eigenvalue weighted by atomic mass is 10.1. The van der Waals surface area contributed by atoms with Crippen molar-refractivity contribution in [3.05, 3.63) is 59.4 Å². The van der Waals surface area contributed by atoms with E-state index >= 15 is 0 Å². The Balaban J connectivity index is 2.19. The molecule has 0 unspecified atom stereocenters. The zero-order chi connectivity index (χ0) is 13.8. The minimum Gasteiger partial charge on any atom is -0.478 e. The van der Waals surface area contributed by atoms with Gasteiger partial charge in [0, 0.05) is 18.4 Å². The first-order valence-electron chi connectivity index (χ1n) is 6.56. The summed E-state index contributed by atoms with van der Waals surface area (Å²) in [6.45, 7) is 4.87. The second-order valence-corrected chi connectivity index (χ2v) is 5.00. The Morgan fingerprint density at radius 1 is 1.21 bits per heavy atom. The lowest BCUT2D eigenvalue weighted by molar-refractivity contribution is 0.0695. The van der Waals surface area contributed by atoms with Crippen LogP contribution in [0.1, 0.15) is 41.4 Å². The molecule has 0 atom stereocenters. The number of aromatic carboxylic acids is 1. The fraction of sp³-hybridized carbons (Fsp3) is 0.312. The van der Waals surface area contributed by atoms with Crippen LogP contribution < -0.4 is 0 Å². The molecule has 2 rings (SSSR count). The zero-order valence-corrected chi connectivity index (χ0v) is 11.3. The van der Waals surface area contributed by atoms with Gasteiger partial charge < -0.3 is 9.67 Å². The van der Waals surface area contributed by atoms with Crippen molar-refractivity contribution in [1.29, 1.82) is 0 Å². The van der Waals surface area contributed by atoms with Crippen molar-refractivity contribution in [3.8, 4) is 0 Å². The average Bonchev–Trinajstić information content (AvgIpc) is 2.81. The fourth-order valence-electron chi connectivity index (χ4n) is 2.40. The molecule has 3 nitrogen and oxygen atoms in total. The smallest absolute Gasteiger partial charge is 0.337 e. The Labute approximate surface area is 113 Å². The highest BCUT2D eigenvalue weighted by atomic mass is 16.4.